The van der Waals surface area contributed by atoms with Crippen molar-refractivity contribution in [2.45, 2.75) is 42.9 Å². The van der Waals surface area contributed by atoms with Crippen molar-refractivity contribution in [1.82, 2.24) is 9.29 Å². The lowest BCUT2D eigenvalue weighted by atomic mass is 10.0. The Kier molecular flexibility index (Phi) is 5.36. The van der Waals surface area contributed by atoms with Gasteiger partial charge in [-0.2, -0.15) is 4.31 Å². The van der Waals surface area contributed by atoms with Crippen molar-refractivity contribution in [2.75, 3.05) is 6.54 Å². The number of para-hydroxylation sites is 1. The molecule has 0 N–H and O–H groups in total. The summed E-state index contributed by atoms with van der Waals surface area (Å²) in [6.07, 6.45) is 1.66. The van der Waals surface area contributed by atoms with Gasteiger partial charge < -0.3 is 0 Å². The molecule has 1 atom stereocenters. The Morgan fingerprint density at radius 2 is 1.79 bits per heavy atom. The van der Waals surface area contributed by atoms with Crippen LogP contribution in [0.2, 0.25) is 12.1 Å². The molecule has 6 heteroatoms. The van der Waals surface area contributed by atoms with E-state index >= 15 is 0 Å². The van der Waals surface area contributed by atoms with E-state index in [1.54, 1.807) is 22.6 Å². The van der Waals surface area contributed by atoms with Crippen molar-refractivity contribution in [3.8, 4) is 0 Å². The molecule has 1 aliphatic rings. The van der Waals surface area contributed by atoms with Crippen LogP contribution in [0.15, 0.2) is 65.7 Å². The number of rotatable bonds is 5. The lowest BCUT2D eigenvalue weighted by Crippen LogP contribution is -2.42. The molecule has 3 aromatic rings. The number of hydrogen-bond acceptors (Lipinski definition) is 3. The van der Waals surface area contributed by atoms with E-state index in [2.05, 4.69) is 37.0 Å². The predicted molar refractivity (Wildman–Crippen MR) is 115 cm³/mol. The fraction of sp³-hybridized carbons (Fsp3) is 0.318. The van der Waals surface area contributed by atoms with Gasteiger partial charge in [-0.1, -0.05) is 68.4 Å². The summed E-state index contributed by atoms with van der Waals surface area (Å²) < 4.78 is 29.0. The molecular weight excluding hydrogens is 384 g/mol. The highest BCUT2D eigenvalue weighted by Gasteiger charge is 2.37. The van der Waals surface area contributed by atoms with Gasteiger partial charge in [-0.15, -0.1) is 0 Å². The fourth-order valence-corrected chi connectivity index (χ4v) is 8.69. The molecule has 0 unspecified atom stereocenters. The smallest absolute Gasteiger partial charge is 0.245 e. The minimum atomic E-state index is -3.63. The Labute approximate surface area is 168 Å². The second kappa shape index (κ2) is 7.77. The predicted octanol–water partition coefficient (Wildman–Crippen LogP) is 4.60. The summed E-state index contributed by atoms with van der Waals surface area (Å²) in [5, 5.41) is 0.851. The van der Waals surface area contributed by atoms with Crippen molar-refractivity contribution in [3.05, 3.63) is 71.9 Å². The number of aromatic nitrogens is 1. The van der Waals surface area contributed by atoms with E-state index in [1.165, 1.54) is 5.56 Å². The third-order valence-corrected chi connectivity index (χ3v) is 10.9. The molecule has 4 rings (SSSR count). The maximum Gasteiger partial charge on any atom is 0.245 e. The number of benzene rings is 2. The Hall–Kier alpha value is -2.02. The van der Waals surface area contributed by atoms with Crippen molar-refractivity contribution < 1.29 is 8.42 Å². The number of hydrogen-bond donors (Lipinski definition) is 0. The molecule has 0 aliphatic carbocycles. The number of fused-ring (bicyclic) bond motifs is 2. The van der Waals surface area contributed by atoms with Crippen LogP contribution in [0.5, 0.6) is 0 Å². The SMILES string of the molecule is CC[Si](CC)[C@H]1CN(S(=O)(=O)c2cccc3cccnc23)Cc2ccccc21. The average molecular weight is 410 g/mol. The highest BCUT2D eigenvalue weighted by molar-refractivity contribution is 7.89. The van der Waals surface area contributed by atoms with Gasteiger partial charge in [0.15, 0.2) is 0 Å². The zero-order valence-electron chi connectivity index (χ0n) is 16.3. The maximum absolute atomic E-state index is 13.7. The molecule has 0 spiro atoms. The van der Waals surface area contributed by atoms with Gasteiger partial charge in [-0.3, -0.25) is 4.98 Å². The summed E-state index contributed by atoms with van der Waals surface area (Å²) in [5.74, 6) is 0. The Bertz CT molecular complexity index is 1090. The van der Waals surface area contributed by atoms with Gasteiger partial charge in [0.2, 0.25) is 10.0 Å². The van der Waals surface area contributed by atoms with Crippen LogP contribution in [-0.4, -0.2) is 33.0 Å². The molecule has 1 radical (unpaired) electrons. The molecule has 0 bridgehead atoms. The third-order valence-electron chi connectivity index (χ3n) is 5.78. The van der Waals surface area contributed by atoms with Gasteiger partial charge in [0.25, 0.3) is 0 Å². The second-order valence-corrected chi connectivity index (χ2v) is 12.6. The Morgan fingerprint density at radius 1 is 1.04 bits per heavy atom. The summed E-state index contributed by atoms with van der Waals surface area (Å²) in [6.45, 7) is 5.48. The molecule has 0 amide bonds. The average Bonchev–Trinajstić information content (AvgIpc) is 2.74. The maximum atomic E-state index is 13.7. The molecule has 2 aromatic carbocycles. The van der Waals surface area contributed by atoms with Crippen LogP contribution in [0, 0.1) is 0 Å². The quantitative estimate of drug-likeness (QED) is 0.579. The fourth-order valence-electron chi connectivity index (χ4n) is 4.27. The molecule has 0 saturated carbocycles. The molecule has 4 nitrogen and oxygen atoms in total. The number of nitrogens with zero attached hydrogens (tertiary/aromatic N) is 2. The first-order valence-electron chi connectivity index (χ1n) is 9.82. The lowest BCUT2D eigenvalue weighted by molar-refractivity contribution is 0.383. The summed E-state index contributed by atoms with van der Waals surface area (Å²) >= 11 is 0. The largest absolute Gasteiger partial charge is 0.255 e. The van der Waals surface area contributed by atoms with Crippen LogP contribution in [0.1, 0.15) is 30.5 Å². The molecule has 28 heavy (non-hydrogen) atoms. The second-order valence-electron chi connectivity index (χ2n) is 7.25. The van der Waals surface area contributed by atoms with E-state index < -0.39 is 18.8 Å². The van der Waals surface area contributed by atoms with Crippen LogP contribution in [0.25, 0.3) is 10.9 Å². The molecule has 1 aromatic heterocycles. The Balaban J connectivity index is 1.80. The van der Waals surface area contributed by atoms with Crippen LogP contribution in [-0.2, 0) is 16.6 Å². The van der Waals surface area contributed by atoms with Crippen molar-refractivity contribution in [2.24, 2.45) is 0 Å². The molecular formula is C22H25N2O2SSi. The first kappa shape index (κ1) is 19.3. The lowest BCUT2D eigenvalue weighted by Gasteiger charge is -2.37. The van der Waals surface area contributed by atoms with Crippen LogP contribution in [0.3, 0.4) is 0 Å². The molecule has 0 fully saturated rings. The first-order chi connectivity index (χ1) is 13.6. The molecule has 0 saturated heterocycles. The van der Waals surface area contributed by atoms with Gasteiger partial charge >= 0.3 is 0 Å². The molecule has 1 aliphatic heterocycles. The van der Waals surface area contributed by atoms with Gasteiger partial charge in [0, 0.05) is 24.7 Å². The van der Waals surface area contributed by atoms with Gasteiger partial charge in [-0.25, -0.2) is 8.42 Å². The van der Waals surface area contributed by atoms with E-state index in [-0.39, 0.29) is 0 Å². The highest BCUT2D eigenvalue weighted by Crippen LogP contribution is 2.36. The summed E-state index contributed by atoms with van der Waals surface area (Å²) in [7, 11) is -4.30. The number of pyridine rings is 1. The van der Waals surface area contributed by atoms with Gasteiger partial charge in [0.05, 0.1) is 14.3 Å². The van der Waals surface area contributed by atoms with Gasteiger partial charge in [-0.05, 0) is 28.8 Å². The molecule has 145 valence electrons. The van der Waals surface area contributed by atoms with Crippen LogP contribution >= 0.6 is 0 Å². The third kappa shape index (κ3) is 3.30. The first-order valence-corrected chi connectivity index (χ1v) is 13.3. The zero-order chi connectivity index (χ0) is 19.7. The van der Waals surface area contributed by atoms with Crippen molar-refractivity contribution >= 4 is 29.7 Å². The minimum absolute atomic E-state index is 0.311. The monoisotopic (exact) mass is 409 g/mol. The summed E-state index contributed by atoms with van der Waals surface area (Å²) in [6, 6.07) is 19.8. The van der Waals surface area contributed by atoms with Crippen LogP contribution in [0.4, 0.5) is 0 Å². The zero-order valence-corrected chi connectivity index (χ0v) is 18.1. The minimum Gasteiger partial charge on any atom is -0.255 e. The van der Waals surface area contributed by atoms with E-state index in [0.717, 1.165) is 23.0 Å². The van der Waals surface area contributed by atoms with E-state index in [0.29, 0.717) is 29.0 Å². The van der Waals surface area contributed by atoms with E-state index in [1.807, 2.05) is 24.3 Å². The topological polar surface area (TPSA) is 50.3 Å². The number of sulfonamides is 1. The normalized spacial score (nSPS) is 17.8. The standard InChI is InChI=1S/C22H25N2O2SSi/c1-3-28(4-2)21-16-24(15-18-9-5-6-12-19(18)21)27(25,26)20-13-7-10-17-11-8-14-23-22(17)20/h5-14,21H,3-4,15-16H2,1-2H3/t21-/m0/s1. The van der Waals surface area contributed by atoms with Gasteiger partial charge in [0.1, 0.15) is 4.90 Å². The Morgan fingerprint density at radius 3 is 2.57 bits per heavy atom. The van der Waals surface area contributed by atoms with E-state index in [9.17, 15) is 8.42 Å². The van der Waals surface area contributed by atoms with Crippen LogP contribution < -0.4 is 0 Å². The van der Waals surface area contributed by atoms with E-state index in [4.69, 9.17) is 0 Å². The summed E-state index contributed by atoms with van der Waals surface area (Å²) in [4.78, 5) is 4.68. The van der Waals surface area contributed by atoms with Crippen molar-refractivity contribution in [3.63, 3.8) is 0 Å². The molecule has 2 heterocycles. The highest BCUT2D eigenvalue weighted by atomic mass is 32.2. The van der Waals surface area contributed by atoms with Crippen molar-refractivity contribution in [1.29, 1.82) is 0 Å². The summed E-state index contributed by atoms with van der Waals surface area (Å²) in [5.41, 5.74) is 3.36.